The predicted octanol–water partition coefficient (Wildman–Crippen LogP) is 2.12. The monoisotopic (exact) mass is 456 g/mol. The number of halogens is 1. The molecule has 136 valence electrons. The average Bonchev–Trinajstić information content (AvgIpc) is 3.29. The zero-order valence-corrected chi connectivity index (χ0v) is 16.7. The molecule has 3 rings (SSSR count). The van der Waals surface area contributed by atoms with Crippen LogP contribution in [-0.4, -0.2) is 46.5 Å². The van der Waals surface area contributed by atoms with Gasteiger partial charge in [0.05, 0.1) is 6.10 Å². The Balaban J connectivity index is 0.00000225. The van der Waals surface area contributed by atoms with Crippen molar-refractivity contribution < 1.29 is 4.74 Å². The molecule has 2 N–H and O–H groups in total. The van der Waals surface area contributed by atoms with E-state index in [4.69, 9.17) is 4.74 Å². The van der Waals surface area contributed by atoms with Gasteiger partial charge in [0.1, 0.15) is 12.9 Å². The third kappa shape index (κ3) is 5.67. The second-order valence-electron chi connectivity index (χ2n) is 5.66. The lowest BCUT2D eigenvalue weighted by Gasteiger charge is -2.14. The van der Waals surface area contributed by atoms with Crippen molar-refractivity contribution >= 4 is 29.9 Å². The molecule has 1 saturated heterocycles. The number of hydrogen-bond donors (Lipinski definition) is 2. The molecular formula is C17H25IN6O. The Hall–Kier alpha value is -1.68. The van der Waals surface area contributed by atoms with Crippen molar-refractivity contribution in [1.29, 1.82) is 0 Å². The molecule has 25 heavy (non-hydrogen) atoms. The maximum absolute atomic E-state index is 5.64. The number of para-hydroxylation sites is 1. The smallest absolute Gasteiger partial charge is 0.191 e. The number of hydrogen-bond acceptors (Lipinski definition) is 4. The highest BCUT2D eigenvalue weighted by molar-refractivity contribution is 14.0. The lowest BCUT2D eigenvalue weighted by molar-refractivity contribution is 0.114. The minimum atomic E-state index is 0. The topological polar surface area (TPSA) is 76.4 Å². The second-order valence-corrected chi connectivity index (χ2v) is 5.66. The van der Waals surface area contributed by atoms with E-state index < -0.39 is 0 Å². The summed E-state index contributed by atoms with van der Waals surface area (Å²) in [6.45, 7) is 4.95. The van der Waals surface area contributed by atoms with Gasteiger partial charge in [-0.05, 0) is 31.9 Å². The van der Waals surface area contributed by atoms with Gasteiger partial charge in [0.15, 0.2) is 11.8 Å². The third-order valence-electron chi connectivity index (χ3n) is 3.90. The Morgan fingerprint density at radius 1 is 1.32 bits per heavy atom. The molecule has 1 fully saturated rings. The summed E-state index contributed by atoms with van der Waals surface area (Å²) in [5.41, 5.74) is 1.03. The molecule has 1 aromatic heterocycles. The first kappa shape index (κ1) is 19.6. The van der Waals surface area contributed by atoms with Crippen LogP contribution in [0.1, 0.15) is 25.6 Å². The zero-order chi connectivity index (χ0) is 16.6. The van der Waals surface area contributed by atoms with Gasteiger partial charge in [-0.2, -0.15) is 0 Å². The number of rotatable bonds is 6. The van der Waals surface area contributed by atoms with Crippen LogP contribution in [-0.2, 0) is 11.3 Å². The number of benzene rings is 1. The third-order valence-corrected chi connectivity index (χ3v) is 3.90. The summed E-state index contributed by atoms with van der Waals surface area (Å²) in [7, 11) is 0. The Morgan fingerprint density at radius 3 is 2.88 bits per heavy atom. The molecule has 1 aliphatic heterocycles. The fourth-order valence-corrected chi connectivity index (χ4v) is 2.68. The minimum Gasteiger partial charge on any atom is -0.376 e. The van der Waals surface area contributed by atoms with Crippen LogP contribution < -0.4 is 10.6 Å². The molecule has 1 aliphatic rings. The van der Waals surface area contributed by atoms with E-state index in [1.165, 1.54) is 0 Å². The summed E-state index contributed by atoms with van der Waals surface area (Å²) in [5.74, 6) is 1.58. The van der Waals surface area contributed by atoms with Gasteiger partial charge < -0.3 is 15.4 Å². The normalized spacial score (nSPS) is 17.2. The molecule has 0 amide bonds. The zero-order valence-electron chi connectivity index (χ0n) is 14.4. The first-order chi connectivity index (χ1) is 11.9. The summed E-state index contributed by atoms with van der Waals surface area (Å²) in [6, 6.07) is 10.0. The molecular weight excluding hydrogens is 431 g/mol. The van der Waals surface area contributed by atoms with Crippen molar-refractivity contribution in [3.05, 3.63) is 42.5 Å². The van der Waals surface area contributed by atoms with Gasteiger partial charge in [-0.25, -0.2) is 4.99 Å². The highest BCUT2D eigenvalue weighted by Gasteiger charge is 2.15. The molecule has 2 aromatic rings. The van der Waals surface area contributed by atoms with E-state index in [2.05, 4.69) is 32.7 Å². The second kappa shape index (κ2) is 10.3. The molecule has 8 heteroatoms. The van der Waals surface area contributed by atoms with Crippen molar-refractivity contribution in [3.8, 4) is 5.69 Å². The van der Waals surface area contributed by atoms with Gasteiger partial charge in [0.2, 0.25) is 0 Å². The van der Waals surface area contributed by atoms with Crippen LogP contribution in [0.25, 0.3) is 5.69 Å². The maximum Gasteiger partial charge on any atom is 0.191 e. The molecule has 0 bridgehead atoms. The number of aliphatic imine (C=N–C) groups is 1. The predicted molar refractivity (Wildman–Crippen MR) is 109 cm³/mol. The van der Waals surface area contributed by atoms with Crippen molar-refractivity contribution in [1.82, 2.24) is 25.4 Å². The van der Waals surface area contributed by atoms with Crippen LogP contribution in [0.4, 0.5) is 0 Å². The highest BCUT2D eigenvalue weighted by atomic mass is 127. The van der Waals surface area contributed by atoms with Gasteiger partial charge in [-0.3, -0.25) is 4.57 Å². The molecule has 1 unspecified atom stereocenters. The fourth-order valence-electron chi connectivity index (χ4n) is 2.68. The molecule has 1 atom stereocenters. The summed E-state index contributed by atoms with van der Waals surface area (Å²) >= 11 is 0. The van der Waals surface area contributed by atoms with Crippen molar-refractivity contribution in [2.24, 2.45) is 4.99 Å². The van der Waals surface area contributed by atoms with Crippen molar-refractivity contribution in [2.75, 3.05) is 19.7 Å². The Labute approximate surface area is 165 Å². The van der Waals surface area contributed by atoms with Crippen LogP contribution in [0.5, 0.6) is 0 Å². The van der Waals surface area contributed by atoms with E-state index in [1.54, 1.807) is 6.33 Å². The number of ether oxygens (including phenoxy) is 1. The first-order valence-electron chi connectivity index (χ1n) is 8.45. The fraction of sp³-hybridized carbons (Fsp3) is 0.471. The molecule has 7 nitrogen and oxygen atoms in total. The molecule has 0 radical (unpaired) electrons. The quantitative estimate of drug-likeness (QED) is 0.396. The van der Waals surface area contributed by atoms with Gasteiger partial charge in [0, 0.05) is 25.4 Å². The van der Waals surface area contributed by atoms with Crippen LogP contribution >= 0.6 is 24.0 Å². The number of nitrogens with zero attached hydrogens (tertiary/aromatic N) is 4. The largest absolute Gasteiger partial charge is 0.376 e. The number of aromatic nitrogens is 3. The van der Waals surface area contributed by atoms with E-state index in [0.29, 0.717) is 6.54 Å². The first-order valence-corrected chi connectivity index (χ1v) is 8.45. The lowest BCUT2D eigenvalue weighted by Crippen LogP contribution is -2.41. The summed E-state index contributed by atoms with van der Waals surface area (Å²) in [5, 5.41) is 14.8. The van der Waals surface area contributed by atoms with Crippen LogP contribution in [0.3, 0.4) is 0 Å². The standard InChI is InChI=1S/C17H24N6O.HI/c1-2-18-17(19-11-15-9-6-10-24-15)20-12-16-22-21-13-23(16)14-7-4-3-5-8-14;/h3-5,7-8,13,15H,2,6,9-12H2,1H3,(H2,18,19,20);1H. The molecule has 0 spiro atoms. The molecule has 0 aliphatic carbocycles. The van der Waals surface area contributed by atoms with Gasteiger partial charge >= 0.3 is 0 Å². The van der Waals surface area contributed by atoms with E-state index in [1.807, 2.05) is 34.9 Å². The highest BCUT2D eigenvalue weighted by Crippen LogP contribution is 2.11. The average molecular weight is 456 g/mol. The summed E-state index contributed by atoms with van der Waals surface area (Å²) in [4.78, 5) is 4.62. The number of guanidine groups is 1. The van der Waals surface area contributed by atoms with Crippen LogP contribution in [0.15, 0.2) is 41.7 Å². The molecule has 0 saturated carbocycles. The van der Waals surface area contributed by atoms with Gasteiger partial charge in [-0.1, -0.05) is 18.2 Å². The van der Waals surface area contributed by atoms with E-state index in [0.717, 1.165) is 50.0 Å². The van der Waals surface area contributed by atoms with E-state index >= 15 is 0 Å². The SMILES string of the molecule is CCNC(=NCc1nncn1-c1ccccc1)NCC1CCCO1.I. The Bertz CT molecular complexity index is 654. The van der Waals surface area contributed by atoms with Crippen LogP contribution in [0.2, 0.25) is 0 Å². The summed E-state index contributed by atoms with van der Waals surface area (Å²) < 4.78 is 7.59. The maximum atomic E-state index is 5.64. The lowest BCUT2D eigenvalue weighted by atomic mass is 10.2. The van der Waals surface area contributed by atoms with Gasteiger partial charge in [0.25, 0.3) is 0 Å². The van der Waals surface area contributed by atoms with E-state index in [-0.39, 0.29) is 30.1 Å². The minimum absolute atomic E-state index is 0. The molecule has 2 heterocycles. The molecule has 1 aromatic carbocycles. The van der Waals surface area contributed by atoms with Gasteiger partial charge in [-0.15, -0.1) is 34.2 Å². The van der Waals surface area contributed by atoms with Crippen molar-refractivity contribution in [3.63, 3.8) is 0 Å². The van der Waals surface area contributed by atoms with Crippen molar-refractivity contribution in [2.45, 2.75) is 32.4 Å². The summed E-state index contributed by atoms with van der Waals surface area (Å²) in [6.07, 6.45) is 4.24. The van der Waals surface area contributed by atoms with E-state index in [9.17, 15) is 0 Å². The Morgan fingerprint density at radius 2 is 2.16 bits per heavy atom. The number of nitrogens with one attached hydrogen (secondary N) is 2. The Kier molecular flexibility index (Phi) is 8.13. The van der Waals surface area contributed by atoms with Crippen LogP contribution in [0, 0.1) is 0 Å².